The predicted octanol–water partition coefficient (Wildman–Crippen LogP) is 2.01. The van der Waals surface area contributed by atoms with Crippen LogP contribution in [0.15, 0.2) is 24.7 Å². The fourth-order valence-electron chi connectivity index (χ4n) is 2.87. The Morgan fingerprint density at radius 1 is 1.47 bits per heavy atom. The van der Waals surface area contributed by atoms with Crippen molar-refractivity contribution >= 4 is 0 Å². The maximum atomic E-state index is 4.34. The van der Waals surface area contributed by atoms with Gasteiger partial charge in [-0.2, -0.15) is 10.2 Å². The molecule has 0 aliphatic carbocycles. The fourth-order valence-corrected chi connectivity index (χ4v) is 2.87. The molecule has 0 saturated carbocycles. The summed E-state index contributed by atoms with van der Waals surface area (Å²) in [4.78, 5) is 2.52. The number of piperidine rings is 1. The fraction of sp³-hybridized carbons (Fsp3) is 0.571. The van der Waals surface area contributed by atoms with E-state index < -0.39 is 0 Å². The van der Waals surface area contributed by atoms with Crippen LogP contribution in [0.3, 0.4) is 0 Å². The molecule has 0 bridgehead atoms. The quantitative estimate of drug-likeness (QED) is 0.913. The number of rotatable bonds is 4. The average Bonchev–Trinajstić information content (AvgIpc) is 3.10. The number of aryl methyl sites for hydroxylation is 1. The molecule has 5 nitrogen and oxygen atoms in total. The Balaban J connectivity index is 1.62. The zero-order valence-corrected chi connectivity index (χ0v) is 11.4. The van der Waals surface area contributed by atoms with E-state index in [1.165, 1.54) is 30.6 Å². The van der Waals surface area contributed by atoms with E-state index in [1.54, 1.807) is 0 Å². The van der Waals surface area contributed by atoms with Gasteiger partial charge in [0, 0.05) is 49.2 Å². The highest BCUT2D eigenvalue weighted by Gasteiger charge is 2.22. The first kappa shape index (κ1) is 12.4. The lowest BCUT2D eigenvalue weighted by molar-refractivity contribution is 0.198. The Morgan fingerprint density at radius 2 is 2.42 bits per heavy atom. The van der Waals surface area contributed by atoms with Crippen molar-refractivity contribution in [2.75, 3.05) is 13.1 Å². The number of likely N-dealkylation sites (tertiary alicyclic amines) is 1. The van der Waals surface area contributed by atoms with E-state index in [-0.39, 0.29) is 0 Å². The Morgan fingerprint density at radius 3 is 3.16 bits per heavy atom. The summed E-state index contributed by atoms with van der Waals surface area (Å²) >= 11 is 0. The van der Waals surface area contributed by atoms with Crippen LogP contribution in [-0.4, -0.2) is 38.0 Å². The molecule has 1 aliphatic heterocycles. The highest BCUT2D eigenvalue weighted by atomic mass is 15.3. The van der Waals surface area contributed by atoms with Crippen molar-refractivity contribution in [3.05, 3.63) is 35.9 Å². The number of nitrogens with zero attached hydrogens (tertiary/aromatic N) is 4. The highest BCUT2D eigenvalue weighted by molar-refractivity contribution is 5.09. The minimum absolute atomic E-state index is 0.595. The molecule has 1 saturated heterocycles. The van der Waals surface area contributed by atoms with Gasteiger partial charge in [0.2, 0.25) is 0 Å². The molecule has 102 valence electrons. The topological polar surface area (TPSA) is 49.7 Å². The van der Waals surface area contributed by atoms with Gasteiger partial charge in [0.1, 0.15) is 0 Å². The predicted molar refractivity (Wildman–Crippen MR) is 73.7 cm³/mol. The van der Waals surface area contributed by atoms with E-state index in [9.17, 15) is 0 Å². The standard InChI is InChI=1S/C14H21N5/c1-2-19-10-12(8-16-19)9-18-7-3-4-13(11-18)14-5-6-15-17-14/h5-6,8,10,13H,2-4,7,9,11H2,1H3,(H,15,17)/t13-/m0/s1. The molecule has 2 aromatic rings. The van der Waals surface area contributed by atoms with Crippen molar-refractivity contribution in [3.63, 3.8) is 0 Å². The smallest absolute Gasteiger partial charge is 0.0534 e. The minimum atomic E-state index is 0.595. The molecule has 0 spiro atoms. The van der Waals surface area contributed by atoms with Gasteiger partial charge in [-0.05, 0) is 32.4 Å². The zero-order chi connectivity index (χ0) is 13.1. The van der Waals surface area contributed by atoms with Gasteiger partial charge >= 0.3 is 0 Å². The van der Waals surface area contributed by atoms with Crippen molar-refractivity contribution < 1.29 is 0 Å². The van der Waals surface area contributed by atoms with Crippen LogP contribution in [0.5, 0.6) is 0 Å². The minimum Gasteiger partial charge on any atom is -0.298 e. The van der Waals surface area contributed by atoms with Crippen molar-refractivity contribution in [3.8, 4) is 0 Å². The maximum absolute atomic E-state index is 4.34. The summed E-state index contributed by atoms with van der Waals surface area (Å²) in [5.74, 6) is 0.595. The molecule has 5 heteroatoms. The molecular formula is C14H21N5. The Hall–Kier alpha value is -1.62. The van der Waals surface area contributed by atoms with Gasteiger partial charge in [0.15, 0.2) is 0 Å². The van der Waals surface area contributed by atoms with Gasteiger partial charge in [0.25, 0.3) is 0 Å². The van der Waals surface area contributed by atoms with Crippen LogP contribution >= 0.6 is 0 Å². The van der Waals surface area contributed by atoms with Crippen molar-refractivity contribution in [2.45, 2.75) is 38.8 Å². The van der Waals surface area contributed by atoms with E-state index in [0.717, 1.165) is 19.6 Å². The third-order valence-corrected chi connectivity index (χ3v) is 3.88. The molecule has 3 rings (SSSR count). The third kappa shape index (κ3) is 2.87. The van der Waals surface area contributed by atoms with Gasteiger partial charge in [-0.25, -0.2) is 0 Å². The lowest BCUT2D eigenvalue weighted by Gasteiger charge is -2.31. The highest BCUT2D eigenvalue weighted by Crippen LogP contribution is 2.26. The van der Waals surface area contributed by atoms with Gasteiger partial charge < -0.3 is 0 Å². The molecule has 1 fully saturated rings. The normalized spacial score (nSPS) is 20.8. The van der Waals surface area contributed by atoms with Crippen molar-refractivity contribution in [1.29, 1.82) is 0 Å². The van der Waals surface area contributed by atoms with Crippen LogP contribution in [0, 0.1) is 0 Å². The number of aromatic nitrogens is 4. The summed E-state index contributed by atoms with van der Waals surface area (Å²) < 4.78 is 1.99. The summed E-state index contributed by atoms with van der Waals surface area (Å²) in [6.07, 6.45) is 8.50. The van der Waals surface area contributed by atoms with Crippen molar-refractivity contribution in [1.82, 2.24) is 24.9 Å². The third-order valence-electron chi connectivity index (χ3n) is 3.88. The number of hydrogen-bond acceptors (Lipinski definition) is 3. The molecule has 0 unspecified atom stereocenters. The average molecular weight is 259 g/mol. The van der Waals surface area contributed by atoms with E-state index in [2.05, 4.69) is 39.4 Å². The van der Waals surface area contributed by atoms with Gasteiger partial charge in [0.05, 0.1) is 6.20 Å². The SMILES string of the molecule is CCn1cc(CN2CCC[C@H](c3ccn[nH]3)C2)cn1. The van der Waals surface area contributed by atoms with Crippen LogP contribution in [0.25, 0.3) is 0 Å². The van der Waals surface area contributed by atoms with Crippen molar-refractivity contribution in [2.24, 2.45) is 0 Å². The van der Waals surface area contributed by atoms with Crippen LogP contribution in [0.4, 0.5) is 0 Å². The zero-order valence-electron chi connectivity index (χ0n) is 11.4. The van der Waals surface area contributed by atoms with Gasteiger partial charge in [-0.3, -0.25) is 14.7 Å². The molecule has 19 heavy (non-hydrogen) atoms. The maximum Gasteiger partial charge on any atom is 0.0534 e. The second-order valence-electron chi connectivity index (χ2n) is 5.29. The summed E-state index contributed by atoms with van der Waals surface area (Å²) in [6.45, 7) is 6.36. The Bertz CT molecular complexity index is 502. The van der Waals surface area contributed by atoms with Crippen LogP contribution in [-0.2, 0) is 13.1 Å². The second-order valence-corrected chi connectivity index (χ2v) is 5.29. The molecule has 3 heterocycles. The summed E-state index contributed by atoms with van der Waals surface area (Å²) in [6, 6.07) is 2.10. The van der Waals surface area contributed by atoms with E-state index in [0.29, 0.717) is 5.92 Å². The molecule has 0 amide bonds. The number of aromatic amines is 1. The first-order valence-corrected chi connectivity index (χ1v) is 7.08. The first-order chi connectivity index (χ1) is 9.35. The second kappa shape index (κ2) is 5.57. The molecule has 0 radical (unpaired) electrons. The van der Waals surface area contributed by atoms with E-state index in [1.807, 2.05) is 17.1 Å². The number of hydrogen-bond donors (Lipinski definition) is 1. The lowest BCUT2D eigenvalue weighted by Crippen LogP contribution is -2.33. The molecule has 2 aromatic heterocycles. The van der Waals surface area contributed by atoms with Crippen LogP contribution < -0.4 is 0 Å². The summed E-state index contributed by atoms with van der Waals surface area (Å²) in [5, 5.41) is 11.5. The Labute approximate surface area is 113 Å². The number of H-pyrrole nitrogens is 1. The largest absolute Gasteiger partial charge is 0.298 e. The lowest BCUT2D eigenvalue weighted by atomic mass is 9.95. The molecule has 0 aromatic carbocycles. The Kier molecular flexibility index (Phi) is 3.64. The molecule has 1 N–H and O–H groups in total. The molecular weight excluding hydrogens is 238 g/mol. The monoisotopic (exact) mass is 259 g/mol. The van der Waals surface area contributed by atoms with E-state index >= 15 is 0 Å². The summed E-state index contributed by atoms with van der Waals surface area (Å²) in [7, 11) is 0. The molecule has 1 aliphatic rings. The van der Waals surface area contributed by atoms with Gasteiger partial charge in [-0.15, -0.1) is 0 Å². The first-order valence-electron chi connectivity index (χ1n) is 7.08. The van der Waals surface area contributed by atoms with Crippen LogP contribution in [0.2, 0.25) is 0 Å². The van der Waals surface area contributed by atoms with Crippen LogP contribution in [0.1, 0.15) is 36.9 Å². The van der Waals surface area contributed by atoms with E-state index in [4.69, 9.17) is 0 Å². The number of nitrogens with one attached hydrogen (secondary N) is 1. The summed E-state index contributed by atoms with van der Waals surface area (Å²) in [5.41, 5.74) is 2.58. The molecule has 1 atom stereocenters. The van der Waals surface area contributed by atoms with Gasteiger partial charge in [-0.1, -0.05) is 0 Å².